The van der Waals surface area contributed by atoms with Gasteiger partial charge in [-0.25, -0.2) is 0 Å². The lowest BCUT2D eigenvalue weighted by Crippen LogP contribution is -2.24. The molecule has 29 heavy (non-hydrogen) atoms. The molecule has 4 rings (SSSR count). The smallest absolute Gasteiger partial charge is 0.251 e. The number of para-hydroxylation sites is 1. The molecule has 0 saturated carbocycles. The summed E-state index contributed by atoms with van der Waals surface area (Å²) in [4.78, 5) is 16.4. The number of fused-ring (bicyclic) bond motifs is 1. The summed E-state index contributed by atoms with van der Waals surface area (Å²) in [5.74, 6) is 1.48. The zero-order chi connectivity index (χ0) is 20.3. The first-order valence-electron chi connectivity index (χ1n) is 9.70. The average molecular weight is 388 g/mol. The molecule has 1 aliphatic rings. The Kier molecular flexibility index (Phi) is 5.21. The number of nitrogens with zero attached hydrogens (tertiary/aromatic N) is 1. The van der Waals surface area contributed by atoms with Gasteiger partial charge in [0.2, 0.25) is 0 Å². The largest absolute Gasteiger partial charge is 0.485 e. The van der Waals surface area contributed by atoms with Crippen LogP contribution >= 0.6 is 0 Å². The minimum Gasteiger partial charge on any atom is -0.485 e. The van der Waals surface area contributed by atoms with Gasteiger partial charge in [0.1, 0.15) is 12.2 Å². The van der Waals surface area contributed by atoms with Crippen LogP contribution in [0.2, 0.25) is 0 Å². The highest BCUT2D eigenvalue weighted by Gasteiger charge is 2.32. The normalized spacial score (nSPS) is 14.0. The van der Waals surface area contributed by atoms with Gasteiger partial charge in [0.05, 0.1) is 0 Å². The van der Waals surface area contributed by atoms with Crippen molar-refractivity contribution in [1.82, 2.24) is 10.3 Å². The Morgan fingerprint density at radius 3 is 2.69 bits per heavy atom. The molecular weight excluding hydrogens is 364 g/mol. The van der Waals surface area contributed by atoms with Gasteiger partial charge in [-0.05, 0) is 49.2 Å². The molecule has 1 N–H and O–H groups in total. The Hall–Kier alpha value is -3.34. The quantitative estimate of drug-likeness (QED) is 0.684. The van der Waals surface area contributed by atoms with E-state index >= 15 is 0 Å². The van der Waals surface area contributed by atoms with E-state index in [1.165, 1.54) is 5.56 Å². The summed E-state index contributed by atoms with van der Waals surface area (Å²) in [7, 11) is 0. The lowest BCUT2D eigenvalue weighted by Gasteiger charge is -2.18. The van der Waals surface area contributed by atoms with Crippen molar-refractivity contribution in [3.63, 3.8) is 0 Å². The maximum absolute atomic E-state index is 12.3. The Morgan fingerprint density at radius 2 is 1.93 bits per heavy atom. The lowest BCUT2D eigenvalue weighted by atomic mass is 10.0. The maximum atomic E-state index is 12.3. The summed E-state index contributed by atoms with van der Waals surface area (Å²) < 4.78 is 12.0. The van der Waals surface area contributed by atoms with E-state index in [4.69, 9.17) is 9.47 Å². The summed E-state index contributed by atoms with van der Waals surface area (Å²) in [6.45, 7) is 5.02. The van der Waals surface area contributed by atoms with Crippen LogP contribution in [0.5, 0.6) is 11.5 Å². The number of hydrogen-bond acceptors (Lipinski definition) is 4. The molecule has 5 nitrogen and oxygen atoms in total. The molecule has 0 spiro atoms. The van der Waals surface area contributed by atoms with E-state index in [1.54, 1.807) is 12.4 Å². The second-order valence-corrected chi connectivity index (χ2v) is 7.81. The molecule has 1 aliphatic heterocycles. The predicted octanol–water partition coefficient (Wildman–Crippen LogP) is 4.30. The highest BCUT2D eigenvalue weighted by atomic mass is 16.5. The molecule has 3 aromatic rings. The number of carbonyl (C=O) groups excluding carboxylic acids is 1. The van der Waals surface area contributed by atoms with Crippen molar-refractivity contribution in [3.8, 4) is 11.5 Å². The number of rotatable bonds is 6. The summed E-state index contributed by atoms with van der Waals surface area (Å²) >= 11 is 0. The Labute approximate surface area is 170 Å². The fourth-order valence-corrected chi connectivity index (χ4v) is 3.40. The van der Waals surface area contributed by atoms with Gasteiger partial charge in [-0.3, -0.25) is 9.78 Å². The Balaban J connectivity index is 1.35. The van der Waals surface area contributed by atoms with Gasteiger partial charge >= 0.3 is 0 Å². The highest BCUT2D eigenvalue weighted by molar-refractivity contribution is 5.94. The minimum atomic E-state index is -0.202. The van der Waals surface area contributed by atoms with E-state index in [0.717, 1.165) is 29.0 Å². The number of benzene rings is 2. The first-order chi connectivity index (χ1) is 14.0. The van der Waals surface area contributed by atoms with Crippen molar-refractivity contribution < 1.29 is 14.3 Å². The second-order valence-electron chi connectivity index (χ2n) is 7.81. The van der Waals surface area contributed by atoms with E-state index in [2.05, 4.69) is 30.2 Å². The van der Waals surface area contributed by atoms with Gasteiger partial charge in [-0.15, -0.1) is 0 Å². The molecule has 2 heterocycles. The van der Waals surface area contributed by atoms with Gasteiger partial charge in [-0.1, -0.05) is 30.3 Å². The molecule has 5 heteroatoms. The molecule has 1 aromatic heterocycles. The Bertz CT molecular complexity index is 998. The summed E-state index contributed by atoms with van der Waals surface area (Å²) in [5, 5.41) is 2.90. The van der Waals surface area contributed by atoms with Crippen molar-refractivity contribution in [2.24, 2.45) is 0 Å². The van der Waals surface area contributed by atoms with Crippen LogP contribution in [0.4, 0.5) is 0 Å². The predicted molar refractivity (Wildman–Crippen MR) is 111 cm³/mol. The van der Waals surface area contributed by atoms with Crippen LogP contribution < -0.4 is 14.8 Å². The molecule has 0 aliphatic carbocycles. The second kappa shape index (κ2) is 7.95. The van der Waals surface area contributed by atoms with Crippen LogP contribution in [0.3, 0.4) is 0 Å². The molecular formula is C24H24N2O3. The van der Waals surface area contributed by atoms with Gasteiger partial charge in [0.25, 0.3) is 5.91 Å². The summed E-state index contributed by atoms with van der Waals surface area (Å²) in [6.07, 6.45) is 4.33. The fourth-order valence-electron chi connectivity index (χ4n) is 3.40. The van der Waals surface area contributed by atoms with Crippen LogP contribution in [-0.4, -0.2) is 16.5 Å². The molecule has 1 amide bonds. The number of carbonyl (C=O) groups is 1. The van der Waals surface area contributed by atoms with E-state index in [1.807, 2.05) is 48.5 Å². The molecule has 0 unspecified atom stereocenters. The first kappa shape index (κ1) is 19.0. The number of amides is 1. The number of hydrogen-bond donors (Lipinski definition) is 1. The third-order valence-corrected chi connectivity index (χ3v) is 4.84. The molecule has 0 atom stereocenters. The van der Waals surface area contributed by atoms with Crippen molar-refractivity contribution >= 4 is 5.91 Å². The lowest BCUT2D eigenvalue weighted by molar-refractivity contribution is 0.0951. The number of pyridine rings is 1. The average Bonchev–Trinajstić information content (AvgIpc) is 3.06. The van der Waals surface area contributed by atoms with Crippen molar-refractivity contribution in [2.45, 2.75) is 39.0 Å². The summed E-state index contributed by atoms with van der Waals surface area (Å²) in [5.41, 5.74) is 3.54. The van der Waals surface area contributed by atoms with E-state index in [-0.39, 0.29) is 11.5 Å². The van der Waals surface area contributed by atoms with Crippen molar-refractivity contribution in [1.29, 1.82) is 0 Å². The highest BCUT2D eigenvalue weighted by Crippen LogP contribution is 2.41. The monoisotopic (exact) mass is 388 g/mol. The molecule has 0 fully saturated rings. The third kappa shape index (κ3) is 4.57. The molecule has 0 saturated heterocycles. The summed E-state index contributed by atoms with van der Waals surface area (Å²) in [6, 6.07) is 17.2. The topological polar surface area (TPSA) is 60.5 Å². The van der Waals surface area contributed by atoms with Crippen LogP contribution in [0, 0.1) is 0 Å². The number of nitrogens with one attached hydrogen (secondary N) is 1. The molecule has 0 radical (unpaired) electrons. The zero-order valence-electron chi connectivity index (χ0n) is 16.6. The first-order valence-corrected chi connectivity index (χ1v) is 9.70. The SMILES string of the molecule is CC1(C)Cc2cccc(OCc3ccc(C(=O)NCc4cccnc4)cc3)c2O1. The minimum absolute atomic E-state index is 0.113. The number of ether oxygens (including phenoxy) is 2. The van der Waals surface area contributed by atoms with E-state index < -0.39 is 0 Å². The van der Waals surface area contributed by atoms with Crippen molar-refractivity contribution in [3.05, 3.63) is 89.2 Å². The third-order valence-electron chi connectivity index (χ3n) is 4.84. The zero-order valence-corrected chi connectivity index (χ0v) is 16.6. The van der Waals surface area contributed by atoms with Gasteiger partial charge in [0, 0.05) is 36.5 Å². The number of aromatic nitrogens is 1. The van der Waals surface area contributed by atoms with Gasteiger partial charge in [0.15, 0.2) is 11.5 Å². The van der Waals surface area contributed by atoms with Gasteiger partial charge < -0.3 is 14.8 Å². The van der Waals surface area contributed by atoms with Crippen molar-refractivity contribution in [2.75, 3.05) is 0 Å². The molecule has 2 aromatic carbocycles. The maximum Gasteiger partial charge on any atom is 0.251 e. The molecule has 148 valence electrons. The molecule has 0 bridgehead atoms. The van der Waals surface area contributed by atoms with Crippen LogP contribution in [0.15, 0.2) is 67.0 Å². The van der Waals surface area contributed by atoms with E-state index in [9.17, 15) is 4.79 Å². The standard InChI is InChI=1S/C24H24N2O3/c1-24(2)13-20-6-3-7-21(22(20)29-24)28-16-17-8-10-19(11-9-17)23(27)26-15-18-5-4-12-25-14-18/h3-12,14H,13,15-16H2,1-2H3,(H,26,27). The van der Waals surface area contributed by atoms with Crippen LogP contribution in [0.1, 0.15) is 40.9 Å². The fraction of sp³-hybridized carbons (Fsp3) is 0.250. The Morgan fingerprint density at radius 1 is 1.10 bits per heavy atom. The van der Waals surface area contributed by atoms with Crippen LogP contribution in [-0.2, 0) is 19.6 Å². The van der Waals surface area contributed by atoms with Crippen LogP contribution in [0.25, 0.3) is 0 Å². The van der Waals surface area contributed by atoms with E-state index in [0.29, 0.717) is 18.7 Å². The van der Waals surface area contributed by atoms with Gasteiger partial charge in [-0.2, -0.15) is 0 Å².